The van der Waals surface area contributed by atoms with Crippen LogP contribution in [-0.2, 0) is 0 Å². The summed E-state index contributed by atoms with van der Waals surface area (Å²) in [5.41, 5.74) is 0.292. The zero-order valence-electron chi connectivity index (χ0n) is 6.89. The molecular weight excluding hydrogens is 235 g/mol. The Labute approximate surface area is 84.4 Å². The van der Waals surface area contributed by atoms with Crippen molar-refractivity contribution in [3.63, 3.8) is 0 Å². The standard InChI is InChI=1S/C10H8BrFO/c1-3-8(11)10(7(2)12)9-5-4-6-13-9/h3-6H,1-2H2/b10-8-. The van der Waals surface area contributed by atoms with Crippen LogP contribution in [0.1, 0.15) is 5.76 Å². The van der Waals surface area contributed by atoms with Gasteiger partial charge in [0.25, 0.3) is 0 Å². The minimum atomic E-state index is -0.554. The lowest BCUT2D eigenvalue weighted by molar-refractivity contribution is 0.547. The van der Waals surface area contributed by atoms with E-state index in [1.807, 2.05) is 0 Å². The average Bonchev–Trinajstić information content (AvgIpc) is 2.56. The molecule has 13 heavy (non-hydrogen) atoms. The van der Waals surface area contributed by atoms with Crippen molar-refractivity contribution in [2.24, 2.45) is 0 Å². The summed E-state index contributed by atoms with van der Waals surface area (Å²) in [6, 6.07) is 3.34. The maximum Gasteiger partial charge on any atom is 0.137 e. The minimum Gasteiger partial charge on any atom is -0.464 e. The van der Waals surface area contributed by atoms with Gasteiger partial charge in [-0.2, -0.15) is 0 Å². The van der Waals surface area contributed by atoms with Crippen molar-refractivity contribution < 1.29 is 8.81 Å². The van der Waals surface area contributed by atoms with E-state index in [1.165, 1.54) is 12.3 Å². The highest BCUT2D eigenvalue weighted by Crippen LogP contribution is 2.30. The van der Waals surface area contributed by atoms with Gasteiger partial charge >= 0.3 is 0 Å². The van der Waals surface area contributed by atoms with Crippen LogP contribution in [0.2, 0.25) is 0 Å². The Bertz CT molecular complexity index is 349. The van der Waals surface area contributed by atoms with Gasteiger partial charge in [0, 0.05) is 4.48 Å². The van der Waals surface area contributed by atoms with Crippen molar-refractivity contribution in [1.82, 2.24) is 0 Å². The molecule has 0 aliphatic carbocycles. The van der Waals surface area contributed by atoms with Crippen molar-refractivity contribution in [3.05, 3.63) is 53.7 Å². The molecule has 0 fully saturated rings. The molecule has 0 radical (unpaired) electrons. The second-order valence-electron chi connectivity index (χ2n) is 2.31. The van der Waals surface area contributed by atoms with Crippen LogP contribution < -0.4 is 0 Å². The molecule has 0 saturated carbocycles. The van der Waals surface area contributed by atoms with Crippen LogP contribution in [0.3, 0.4) is 0 Å². The Morgan fingerprint density at radius 1 is 1.62 bits per heavy atom. The summed E-state index contributed by atoms with van der Waals surface area (Å²) in [5.74, 6) is -0.124. The fourth-order valence-electron chi connectivity index (χ4n) is 0.904. The van der Waals surface area contributed by atoms with Gasteiger partial charge in [-0.15, -0.1) is 0 Å². The van der Waals surface area contributed by atoms with Crippen molar-refractivity contribution in [2.75, 3.05) is 0 Å². The number of allylic oxidation sites excluding steroid dienone is 4. The Kier molecular flexibility index (Phi) is 3.25. The number of hydrogen-bond donors (Lipinski definition) is 0. The smallest absolute Gasteiger partial charge is 0.137 e. The Hall–Kier alpha value is -1.09. The second-order valence-corrected chi connectivity index (χ2v) is 3.16. The van der Waals surface area contributed by atoms with Gasteiger partial charge in [0.05, 0.1) is 11.8 Å². The highest BCUT2D eigenvalue weighted by molar-refractivity contribution is 9.12. The summed E-state index contributed by atoms with van der Waals surface area (Å²) in [7, 11) is 0. The molecule has 0 spiro atoms. The number of halogens is 2. The van der Waals surface area contributed by atoms with Crippen molar-refractivity contribution in [1.29, 1.82) is 0 Å². The van der Waals surface area contributed by atoms with E-state index in [1.54, 1.807) is 12.1 Å². The van der Waals surface area contributed by atoms with E-state index in [0.717, 1.165) is 0 Å². The monoisotopic (exact) mass is 242 g/mol. The van der Waals surface area contributed by atoms with Crippen LogP contribution in [0.15, 0.2) is 52.4 Å². The van der Waals surface area contributed by atoms with Crippen molar-refractivity contribution in [2.45, 2.75) is 0 Å². The van der Waals surface area contributed by atoms with Crippen LogP contribution in [0.25, 0.3) is 5.57 Å². The summed E-state index contributed by atoms with van der Waals surface area (Å²) < 4.78 is 18.5. The van der Waals surface area contributed by atoms with Gasteiger partial charge in [-0.1, -0.05) is 19.2 Å². The van der Waals surface area contributed by atoms with Crippen LogP contribution in [-0.4, -0.2) is 0 Å². The molecule has 1 aromatic heterocycles. The first kappa shape index (κ1) is 9.99. The molecule has 0 N–H and O–H groups in total. The van der Waals surface area contributed by atoms with Crippen molar-refractivity contribution in [3.8, 4) is 0 Å². The predicted octanol–water partition coefficient (Wildman–Crippen LogP) is 4.05. The third-order valence-corrected chi connectivity index (χ3v) is 2.18. The third kappa shape index (κ3) is 2.18. The molecule has 68 valence electrons. The van der Waals surface area contributed by atoms with Crippen LogP contribution in [0, 0.1) is 0 Å². The summed E-state index contributed by atoms with van der Waals surface area (Å²) >= 11 is 3.17. The lowest BCUT2D eigenvalue weighted by atomic mass is 10.2. The van der Waals surface area contributed by atoms with Crippen molar-refractivity contribution >= 4 is 21.5 Å². The lowest BCUT2D eigenvalue weighted by Crippen LogP contribution is -1.83. The zero-order valence-corrected chi connectivity index (χ0v) is 8.47. The topological polar surface area (TPSA) is 13.1 Å². The molecule has 1 heterocycles. The number of hydrogen-bond acceptors (Lipinski definition) is 1. The fourth-order valence-corrected chi connectivity index (χ4v) is 1.31. The molecule has 0 aliphatic rings. The van der Waals surface area contributed by atoms with E-state index in [-0.39, 0.29) is 0 Å². The van der Waals surface area contributed by atoms with Gasteiger partial charge in [0.2, 0.25) is 0 Å². The molecule has 0 amide bonds. The van der Waals surface area contributed by atoms with E-state index in [9.17, 15) is 4.39 Å². The van der Waals surface area contributed by atoms with Gasteiger partial charge < -0.3 is 4.42 Å². The summed E-state index contributed by atoms with van der Waals surface area (Å²) in [6.07, 6.45) is 2.96. The Morgan fingerprint density at radius 2 is 2.31 bits per heavy atom. The van der Waals surface area contributed by atoms with Gasteiger partial charge in [-0.25, -0.2) is 4.39 Å². The van der Waals surface area contributed by atoms with Gasteiger partial charge in [-0.3, -0.25) is 0 Å². The molecule has 1 nitrogen and oxygen atoms in total. The van der Waals surface area contributed by atoms with Crippen LogP contribution in [0.4, 0.5) is 4.39 Å². The molecule has 0 unspecified atom stereocenters. The molecule has 1 aromatic rings. The third-order valence-electron chi connectivity index (χ3n) is 1.46. The van der Waals surface area contributed by atoms with Gasteiger partial charge in [0.1, 0.15) is 11.6 Å². The first-order valence-corrected chi connectivity index (χ1v) is 4.37. The summed E-state index contributed by atoms with van der Waals surface area (Å²) in [4.78, 5) is 0. The zero-order chi connectivity index (χ0) is 9.84. The number of rotatable bonds is 3. The highest BCUT2D eigenvalue weighted by atomic mass is 79.9. The van der Waals surface area contributed by atoms with Gasteiger partial charge in [-0.05, 0) is 28.1 Å². The predicted molar refractivity (Wildman–Crippen MR) is 55.0 cm³/mol. The maximum absolute atomic E-state index is 13.0. The number of furan rings is 1. The molecular formula is C10H8BrFO. The van der Waals surface area contributed by atoms with E-state index in [4.69, 9.17) is 4.42 Å². The summed E-state index contributed by atoms with van der Waals surface area (Å²) in [5, 5.41) is 0. The fraction of sp³-hybridized carbons (Fsp3) is 0. The Morgan fingerprint density at radius 3 is 2.69 bits per heavy atom. The summed E-state index contributed by atoms with van der Waals surface area (Å²) in [6.45, 7) is 6.74. The molecule has 0 saturated heterocycles. The van der Waals surface area contributed by atoms with E-state index in [2.05, 4.69) is 29.1 Å². The van der Waals surface area contributed by atoms with E-state index in [0.29, 0.717) is 15.8 Å². The molecule has 0 aromatic carbocycles. The second kappa shape index (κ2) is 4.23. The van der Waals surface area contributed by atoms with Gasteiger partial charge in [0.15, 0.2) is 0 Å². The normalized spacial score (nSPS) is 12.2. The van der Waals surface area contributed by atoms with Crippen LogP contribution >= 0.6 is 15.9 Å². The quantitative estimate of drug-likeness (QED) is 0.729. The SMILES string of the molecule is C=C/C(Br)=C(\C(=C)F)c1ccco1. The average molecular weight is 243 g/mol. The van der Waals surface area contributed by atoms with E-state index >= 15 is 0 Å². The molecule has 0 atom stereocenters. The molecule has 3 heteroatoms. The molecule has 0 aliphatic heterocycles. The highest BCUT2D eigenvalue weighted by Gasteiger charge is 2.11. The molecule has 0 bridgehead atoms. The lowest BCUT2D eigenvalue weighted by Gasteiger charge is -2.01. The Balaban J connectivity index is 3.23. The largest absolute Gasteiger partial charge is 0.464 e. The maximum atomic E-state index is 13.0. The van der Waals surface area contributed by atoms with Crippen LogP contribution in [0.5, 0.6) is 0 Å². The first-order valence-electron chi connectivity index (χ1n) is 3.57. The molecule has 1 rings (SSSR count). The first-order chi connectivity index (χ1) is 6.16. The minimum absolute atomic E-state index is 0.292. The van der Waals surface area contributed by atoms with E-state index < -0.39 is 5.83 Å².